The zero-order valence-electron chi connectivity index (χ0n) is 17.6. The standard InChI is InChI=1S/C24H21Cl3N2O3/c1-3-16-18(26)11-10-17(21(16)27)23(31)20-22(14-4-5-14)28-29(2)24(20)32-12-19(30)13-6-8-15(25)9-7-13/h6-11,14H,3-5,12H2,1-2H3. The maximum atomic E-state index is 13.6. The molecule has 1 heterocycles. The van der Waals surface area contributed by atoms with Crippen LogP contribution in [0.25, 0.3) is 0 Å². The van der Waals surface area contributed by atoms with E-state index in [0.717, 1.165) is 18.4 Å². The number of benzene rings is 2. The van der Waals surface area contributed by atoms with Crippen LogP contribution in [0.2, 0.25) is 15.1 Å². The van der Waals surface area contributed by atoms with Crippen molar-refractivity contribution < 1.29 is 14.3 Å². The van der Waals surface area contributed by atoms with E-state index in [9.17, 15) is 9.59 Å². The van der Waals surface area contributed by atoms with Crippen LogP contribution in [0.4, 0.5) is 0 Å². The first-order valence-electron chi connectivity index (χ1n) is 10.3. The Bertz CT molecular complexity index is 1200. The van der Waals surface area contributed by atoms with Crippen LogP contribution in [0, 0.1) is 0 Å². The van der Waals surface area contributed by atoms with Crippen LogP contribution in [0.1, 0.15) is 63.2 Å². The van der Waals surface area contributed by atoms with Gasteiger partial charge in [0.25, 0.3) is 0 Å². The van der Waals surface area contributed by atoms with Gasteiger partial charge in [-0.1, -0.05) is 41.7 Å². The number of aryl methyl sites for hydroxylation is 1. The highest BCUT2D eigenvalue weighted by molar-refractivity contribution is 6.39. The molecule has 2 aromatic carbocycles. The Morgan fingerprint density at radius 3 is 2.41 bits per heavy atom. The normalized spacial score (nSPS) is 13.3. The molecule has 0 radical (unpaired) electrons. The molecule has 0 saturated heterocycles. The minimum absolute atomic E-state index is 0.196. The van der Waals surface area contributed by atoms with Gasteiger partial charge in [0.05, 0.1) is 10.7 Å². The van der Waals surface area contributed by atoms with Gasteiger partial charge in [-0.15, -0.1) is 0 Å². The molecule has 0 unspecified atom stereocenters. The average molecular weight is 492 g/mol. The quantitative estimate of drug-likeness (QED) is 0.346. The number of carbonyl (C=O) groups is 2. The number of hydrogen-bond acceptors (Lipinski definition) is 4. The van der Waals surface area contributed by atoms with E-state index in [-0.39, 0.29) is 30.0 Å². The number of rotatable bonds is 8. The van der Waals surface area contributed by atoms with Gasteiger partial charge in [-0.3, -0.25) is 9.59 Å². The Balaban J connectivity index is 1.68. The molecule has 1 aliphatic rings. The Labute approximate surface area is 201 Å². The zero-order chi connectivity index (χ0) is 23.0. The summed E-state index contributed by atoms with van der Waals surface area (Å²) in [6.45, 7) is 1.69. The van der Waals surface area contributed by atoms with E-state index in [4.69, 9.17) is 39.5 Å². The van der Waals surface area contributed by atoms with Crippen LogP contribution in [0.3, 0.4) is 0 Å². The Morgan fingerprint density at radius 2 is 1.78 bits per heavy atom. The second-order valence-corrected chi connectivity index (χ2v) is 8.97. The molecular weight excluding hydrogens is 471 g/mol. The van der Waals surface area contributed by atoms with Crippen molar-refractivity contribution in [3.05, 3.63) is 79.4 Å². The first-order chi connectivity index (χ1) is 15.3. The Morgan fingerprint density at radius 1 is 1.09 bits per heavy atom. The van der Waals surface area contributed by atoms with E-state index in [0.29, 0.717) is 43.9 Å². The van der Waals surface area contributed by atoms with Crippen molar-refractivity contribution in [2.24, 2.45) is 7.05 Å². The second kappa shape index (κ2) is 9.26. The van der Waals surface area contributed by atoms with Gasteiger partial charge in [0, 0.05) is 34.1 Å². The molecule has 3 aromatic rings. The van der Waals surface area contributed by atoms with Gasteiger partial charge in [0.1, 0.15) is 5.56 Å². The van der Waals surface area contributed by atoms with Crippen molar-refractivity contribution in [2.75, 3.05) is 6.61 Å². The number of hydrogen-bond donors (Lipinski definition) is 0. The SMILES string of the molecule is CCc1c(Cl)ccc(C(=O)c2c(C3CC3)nn(C)c2OCC(=O)c2ccc(Cl)cc2)c1Cl. The number of halogens is 3. The van der Waals surface area contributed by atoms with Crippen LogP contribution in [0.15, 0.2) is 36.4 Å². The first-order valence-corrected chi connectivity index (χ1v) is 11.4. The molecule has 0 N–H and O–H groups in total. The zero-order valence-corrected chi connectivity index (χ0v) is 19.9. The fourth-order valence-electron chi connectivity index (χ4n) is 3.63. The third kappa shape index (κ3) is 4.42. The minimum Gasteiger partial charge on any atom is -0.469 e. The number of nitrogens with zero attached hydrogens (tertiary/aromatic N) is 2. The minimum atomic E-state index is -0.287. The monoisotopic (exact) mass is 490 g/mol. The lowest BCUT2D eigenvalue weighted by Gasteiger charge is -2.12. The van der Waals surface area contributed by atoms with Crippen LogP contribution in [-0.4, -0.2) is 28.0 Å². The highest BCUT2D eigenvalue weighted by Gasteiger charge is 2.36. The molecule has 4 rings (SSSR count). The molecule has 1 aliphatic carbocycles. The third-order valence-corrected chi connectivity index (χ3v) is 6.54. The van der Waals surface area contributed by atoms with Gasteiger partial charge >= 0.3 is 0 Å². The van der Waals surface area contributed by atoms with Crippen molar-refractivity contribution in [2.45, 2.75) is 32.1 Å². The van der Waals surface area contributed by atoms with Gasteiger partial charge in [0.2, 0.25) is 11.7 Å². The summed E-state index contributed by atoms with van der Waals surface area (Å²) in [5.41, 5.74) is 2.56. The van der Waals surface area contributed by atoms with Crippen LogP contribution in [0.5, 0.6) is 5.88 Å². The molecule has 0 amide bonds. The van der Waals surface area contributed by atoms with E-state index in [2.05, 4.69) is 5.10 Å². The Hall–Kier alpha value is -2.34. The molecule has 166 valence electrons. The molecule has 0 bridgehead atoms. The van der Waals surface area contributed by atoms with E-state index >= 15 is 0 Å². The summed E-state index contributed by atoms with van der Waals surface area (Å²) >= 11 is 18.7. The lowest BCUT2D eigenvalue weighted by atomic mass is 9.99. The summed E-state index contributed by atoms with van der Waals surface area (Å²) < 4.78 is 7.38. The van der Waals surface area contributed by atoms with Crippen molar-refractivity contribution in [1.29, 1.82) is 0 Å². The average Bonchev–Trinajstić information content (AvgIpc) is 3.56. The first kappa shape index (κ1) is 22.8. The van der Waals surface area contributed by atoms with Gasteiger partial charge in [-0.05, 0) is 61.2 Å². The van der Waals surface area contributed by atoms with Crippen LogP contribution >= 0.6 is 34.8 Å². The molecule has 0 aliphatic heterocycles. The highest BCUT2D eigenvalue weighted by atomic mass is 35.5. The number of ether oxygens (including phenoxy) is 1. The molecule has 0 spiro atoms. The summed E-state index contributed by atoms with van der Waals surface area (Å²) in [7, 11) is 1.70. The van der Waals surface area contributed by atoms with Gasteiger partial charge in [0.15, 0.2) is 12.4 Å². The summed E-state index contributed by atoms with van der Waals surface area (Å²) in [4.78, 5) is 26.2. The number of Topliss-reactive ketones (excluding diaryl/α,β-unsaturated/α-hetero) is 1. The van der Waals surface area contributed by atoms with E-state index < -0.39 is 0 Å². The fourth-order valence-corrected chi connectivity index (χ4v) is 4.48. The molecule has 0 atom stereocenters. The maximum absolute atomic E-state index is 13.6. The summed E-state index contributed by atoms with van der Waals surface area (Å²) in [5.74, 6) is -0.0678. The largest absolute Gasteiger partial charge is 0.469 e. The number of ketones is 2. The van der Waals surface area contributed by atoms with Gasteiger partial charge in [-0.2, -0.15) is 5.10 Å². The van der Waals surface area contributed by atoms with Gasteiger partial charge < -0.3 is 4.74 Å². The van der Waals surface area contributed by atoms with E-state index in [1.54, 1.807) is 43.4 Å². The highest BCUT2D eigenvalue weighted by Crippen LogP contribution is 2.44. The van der Waals surface area contributed by atoms with Crippen molar-refractivity contribution in [3.8, 4) is 5.88 Å². The predicted octanol–water partition coefficient (Wildman–Crippen LogP) is 6.31. The lowest BCUT2D eigenvalue weighted by Crippen LogP contribution is -2.15. The fraction of sp³-hybridized carbons (Fsp3) is 0.292. The topological polar surface area (TPSA) is 61.2 Å². The van der Waals surface area contributed by atoms with Crippen molar-refractivity contribution in [3.63, 3.8) is 0 Å². The lowest BCUT2D eigenvalue weighted by molar-refractivity contribution is 0.0908. The maximum Gasteiger partial charge on any atom is 0.223 e. The van der Waals surface area contributed by atoms with E-state index in [1.807, 2.05) is 6.92 Å². The summed E-state index contributed by atoms with van der Waals surface area (Å²) in [6, 6.07) is 9.87. The number of aromatic nitrogens is 2. The smallest absolute Gasteiger partial charge is 0.223 e. The molecule has 32 heavy (non-hydrogen) atoms. The molecule has 8 heteroatoms. The molecule has 1 fully saturated rings. The third-order valence-electron chi connectivity index (χ3n) is 5.50. The summed E-state index contributed by atoms with van der Waals surface area (Å²) in [6.07, 6.45) is 2.50. The van der Waals surface area contributed by atoms with Gasteiger partial charge in [-0.25, -0.2) is 4.68 Å². The molecular formula is C24H21Cl3N2O3. The number of carbonyl (C=O) groups excluding carboxylic acids is 2. The van der Waals surface area contributed by atoms with Crippen molar-refractivity contribution >= 4 is 46.4 Å². The Kier molecular flexibility index (Phi) is 6.61. The second-order valence-electron chi connectivity index (χ2n) is 7.75. The summed E-state index contributed by atoms with van der Waals surface area (Å²) in [5, 5.41) is 5.94. The predicted molar refractivity (Wildman–Crippen MR) is 126 cm³/mol. The molecule has 1 saturated carbocycles. The van der Waals surface area contributed by atoms with Crippen LogP contribution < -0.4 is 4.74 Å². The van der Waals surface area contributed by atoms with Crippen LogP contribution in [-0.2, 0) is 13.5 Å². The van der Waals surface area contributed by atoms with Crippen molar-refractivity contribution in [1.82, 2.24) is 9.78 Å². The molecule has 1 aromatic heterocycles. The van der Waals surface area contributed by atoms with E-state index in [1.165, 1.54) is 4.68 Å². The molecule has 5 nitrogen and oxygen atoms in total.